The second-order valence-corrected chi connectivity index (χ2v) is 19.2. The Kier molecular flexibility index (Phi) is 19.2. The van der Waals surface area contributed by atoms with E-state index in [4.69, 9.17) is 14.2 Å². The van der Waals surface area contributed by atoms with E-state index in [9.17, 15) is 0 Å². The predicted molar refractivity (Wildman–Crippen MR) is 219 cm³/mol. The normalized spacial score (nSPS) is 31.8. The van der Waals surface area contributed by atoms with Crippen LogP contribution in [0, 0.1) is 52.3 Å². The molecule has 3 saturated carbocycles. The molecule has 3 fully saturated rings. The second kappa shape index (κ2) is 22.7. The van der Waals surface area contributed by atoms with Crippen molar-refractivity contribution >= 4 is 0 Å². The van der Waals surface area contributed by atoms with Crippen LogP contribution in [0.3, 0.4) is 0 Å². The van der Waals surface area contributed by atoms with Gasteiger partial charge in [-0.25, -0.2) is 0 Å². The van der Waals surface area contributed by atoms with Crippen LogP contribution in [0.1, 0.15) is 190 Å². The number of unbranched alkanes of at least 4 members (excludes halogenated alkanes) is 8. The van der Waals surface area contributed by atoms with E-state index >= 15 is 0 Å². The summed E-state index contributed by atoms with van der Waals surface area (Å²) in [6.45, 7) is 21.6. The molecule has 0 bridgehead atoms. The van der Waals surface area contributed by atoms with Crippen LogP contribution < -0.4 is 0 Å². The van der Waals surface area contributed by atoms with Crippen LogP contribution in [0.5, 0.6) is 0 Å². The molecule has 0 aromatic heterocycles. The van der Waals surface area contributed by atoms with E-state index in [0.717, 1.165) is 81.4 Å². The fourth-order valence-electron chi connectivity index (χ4n) is 11.5. The Balaban J connectivity index is 1.02. The molecule has 3 heteroatoms. The zero-order chi connectivity index (χ0) is 36.5. The number of hydrogen-bond donors (Lipinski definition) is 0. The molecule has 0 aromatic carbocycles. The maximum atomic E-state index is 6.55. The van der Waals surface area contributed by atoms with E-state index in [1.165, 1.54) is 128 Å². The monoisotopic (exact) mass is 711 g/mol. The molecular formula is C48H86O3. The maximum Gasteiger partial charge on any atom is 0.0612 e. The van der Waals surface area contributed by atoms with E-state index in [1.807, 2.05) is 0 Å². The lowest BCUT2D eigenvalue weighted by Crippen LogP contribution is -2.51. The van der Waals surface area contributed by atoms with Gasteiger partial charge in [0.15, 0.2) is 0 Å². The summed E-state index contributed by atoms with van der Waals surface area (Å²) in [6.07, 6.45) is 37.0. The fraction of sp³-hybridized carbons (Fsp3) is 0.917. The van der Waals surface area contributed by atoms with Gasteiger partial charge in [0.2, 0.25) is 0 Å². The molecular weight excluding hydrogens is 625 g/mol. The van der Waals surface area contributed by atoms with Gasteiger partial charge in [0, 0.05) is 25.7 Å². The lowest BCUT2D eigenvalue weighted by molar-refractivity contribution is -0.0641. The minimum absolute atomic E-state index is 0.433. The Labute approximate surface area is 318 Å². The van der Waals surface area contributed by atoms with Gasteiger partial charge in [0.05, 0.1) is 19.3 Å². The first-order chi connectivity index (χ1) is 24.7. The minimum Gasteiger partial charge on any atom is -0.381 e. The quantitative estimate of drug-likeness (QED) is 0.0661. The molecule has 4 aliphatic carbocycles. The van der Waals surface area contributed by atoms with Gasteiger partial charge in [-0.1, -0.05) is 124 Å². The third-order valence-corrected chi connectivity index (χ3v) is 14.7. The molecule has 51 heavy (non-hydrogen) atoms. The third kappa shape index (κ3) is 13.0. The molecule has 9 atom stereocenters. The summed E-state index contributed by atoms with van der Waals surface area (Å²) in [5.41, 5.74) is 2.80. The highest BCUT2D eigenvalue weighted by Crippen LogP contribution is 2.67. The summed E-state index contributed by atoms with van der Waals surface area (Å²) >= 11 is 0. The van der Waals surface area contributed by atoms with E-state index in [0.29, 0.717) is 22.9 Å². The number of ether oxygens (including phenoxy) is 3. The third-order valence-electron chi connectivity index (χ3n) is 14.7. The molecule has 0 aromatic rings. The SMILES string of the molecule is CCCCC/C=C\CCCOC[C@H](C)COCCCCCCCO[C@H]1CC[C@@]2(C)C(=CC[C@@H]3C2CC[C@@]2(C)C3CC[C@@H]2[C@H](C)CCCC(C)C)C1. The average molecular weight is 711 g/mol. The summed E-state index contributed by atoms with van der Waals surface area (Å²) in [6, 6.07) is 0. The van der Waals surface area contributed by atoms with Crippen molar-refractivity contribution in [2.24, 2.45) is 52.3 Å². The summed E-state index contributed by atoms with van der Waals surface area (Å²) in [7, 11) is 0. The molecule has 4 aliphatic rings. The van der Waals surface area contributed by atoms with Crippen molar-refractivity contribution in [2.75, 3.05) is 33.0 Å². The Bertz CT molecular complexity index is 1000. The molecule has 0 N–H and O–H groups in total. The van der Waals surface area contributed by atoms with Crippen molar-refractivity contribution in [3.63, 3.8) is 0 Å². The van der Waals surface area contributed by atoms with Crippen LogP contribution in [0.25, 0.3) is 0 Å². The zero-order valence-corrected chi connectivity index (χ0v) is 35.2. The lowest BCUT2D eigenvalue weighted by atomic mass is 9.47. The number of allylic oxidation sites excluding steroid dienone is 3. The largest absolute Gasteiger partial charge is 0.381 e. The second-order valence-electron chi connectivity index (χ2n) is 19.2. The highest BCUT2D eigenvalue weighted by atomic mass is 16.5. The molecule has 0 aliphatic heterocycles. The number of hydrogen-bond acceptors (Lipinski definition) is 3. The summed E-state index contributed by atoms with van der Waals surface area (Å²) in [5.74, 6) is 5.99. The van der Waals surface area contributed by atoms with Gasteiger partial charge in [-0.3, -0.25) is 0 Å². The highest BCUT2D eigenvalue weighted by molar-refractivity contribution is 5.25. The van der Waals surface area contributed by atoms with Crippen LogP contribution in [-0.4, -0.2) is 39.1 Å². The van der Waals surface area contributed by atoms with E-state index < -0.39 is 0 Å². The number of rotatable bonds is 26. The first-order valence-corrected chi connectivity index (χ1v) is 22.8. The van der Waals surface area contributed by atoms with E-state index in [-0.39, 0.29) is 0 Å². The van der Waals surface area contributed by atoms with Crippen molar-refractivity contribution in [3.8, 4) is 0 Å². The molecule has 0 amide bonds. The van der Waals surface area contributed by atoms with Crippen molar-refractivity contribution in [2.45, 2.75) is 196 Å². The van der Waals surface area contributed by atoms with E-state index in [2.05, 4.69) is 66.7 Å². The molecule has 3 nitrogen and oxygen atoms in total. The summed E-state index contributed by atoms with van der Waals surface area (Å²) in [4.78, 5) is 0. The molecule has 4 rings (SSSR count). The maximum absolute atomic E-state index is 6.55. The molecule has 0 spiro atoms. The molecule has 0 saturated heterocycles. The van der Waals surface area contributed by atoms with Gasteiger partial charge in [-0.2, -0.15) is 0 Å². The topological polar surface area (TPSA) is 27.7 Å². The smallest absolute Gasteiger partial charge is 0.0612 e. The Hall–Kier alpha value is -0.640. The summed E-state index contributed by atoms with van der Waals surface area (Å²) < 4.78 is 18.4. The molecule has 296 valence electrons. The van der Waals surface area contributed by atoms with Crippen LogP contribution in [0.15, 0.2) is 23.8 Å². The van der Waals surface area contributed by atoms with Crippen molar-refractivity contribution in [3.05, 3.63) is 23.8 Å². The van der Waals surface area contributed by atoms with Gasteiger partial charge in [-0.15, -0.1) is 0 Å². The van der Waals surface area contributed by atoms with Crippen LogP contribution in [0.2, 0.25) is 0 Å². The standard InChI is InChI=1S/C48H86O3/c1-8-9-10-11-12-13-15-18-32-49-36-39(4)37-50-33-19-16-14-17-20-34-51-42-28-30-47(6)41(35-42)24-25-43-45-27-26-44(40(5)23-21-22-38(2)3)48(45,7)31-29-46(43)47/h12-13,24,38-40,42-46H,8-11,14-23,25-37H2,1-7H3/b13-12-/t39-,40+,42-,43-,44+,45?,46?,47-,48+/m0/s1. The first kappa shape index (κ1) is 43.1. The molecule has 0 heterocycles. The first-order valence-electron chi connectivity index (χ1n) is 22.8. The Morgan fingerprint density at radius 1 is 0.725 bits per heavy atom. The van der Waals surface area contributed by atoms with Crippen molar-refractivity contribution < 1.29 is 14.2 Å². The van der Waals surface area contributed by atoms with Crippen LogP contribution in [-0.2, 0) is 14.2 Å². The highest BCUT2D eigenvalue weighted by Gasteiger charge is 2.59. The average Bonchev–Trinajstić information content (AvgIpc) is 3.47. The molecule has 2 unspecified atom stereocenters. The minimum atomic E-state index is 0.433. The van der Waals surface area contributed by atoms with Gasteiger partial charge >= 0.3 is 0 Å². The van der Waals surface area contributed by atoms with E-state index in [1.54, 1.807) is 5.57 Å². The lowest BCUT2D eigenvalue weighted by Gasteiger charge is -2.58. The Morgan fingerprint density at radius 3 is 2.18 bits per heavy atom. The van der Waals surface area contributed by atoms with Gasteiger partial charge in [0.1, 0.15) is 0 Å². The predicted octanol–water partition coefficient (Wildman–Crippen LogP) is 13.9. The zero-order valence-electron chi connectivity index (χ0n) is 35.2. The van der Waals surface area contributed by atoms with Crippen LogP contribution >= 0.6 is 0 Å². The van der Waals surface area contributed by atoms with Gasteiger partial charge < -0.3 is 14.2 Å². The van der Waals surface area contributed by atoms with Crippen LogP contribution in [0.4, 0.5) is 0 Å². The Morgan fingerprint density at radius 2 is 1.43 bits per heavy atom. The van der Waals surface area contributed by atoms with Crippen molar-refractivity contribution in [1.82, 2.24) is 0 Å². The fourth-order valence-corrected chi connectivity index (χ4v) is 11.5. The number of fused-ring (bicyclic) bond motifs is 5. The van der Waals surface area contributed by atoms with Gasteiger partial charge in [0.25, 0.3) is 0 Å². The van der Waals surface area contributed by atoms with Crippen molar-refractivity contribution in [1.29, 1.82) is 0 Å². The molecule has 0 radical (unpaired) electrons. The van der Waals surface area contributed by atoms with Gasteiger partial charge in [-0.05, 0) is 136 Å². The summed E-state index contributed by atoms with van der Waals surface area (Å²) in [5, 5.41) is 0.